The highest BCUT2D eigenvalue weighted by atomic mass is 19.3. The molecule has 0 atom stereocenters. The average molecular weight is 348 g/mol. The van der Waals surface area contributed by atoms with E-state index >= 15 is 0 Å². The second kappa shape index (κ2) is 6.36. The summed E-state index contributed by atoms with van der Waals surface area (Å²) >= 11 is 0. The van der Waals surface area contributed by atoms with Crippen LogP contribution in [0.3, 0.4) is 0 Å². The summed E-state index contributed by atoms with van der Waals surface area (Å²) in [7, 11) is 0.917. The van der Waals surface area contributed by atoms with Gasteiger partial charge in [0.2, 0.25) is 5.82 Å². The van der Waals surface area contributed by atoms with Crippen LogP contribution in [0.1, 0.15) is 25.2 Å². The molecule has 0 bridgehead atoms. The smallest absolute Gasteiger partial charge is 0.417 e. The van der Waals surface area contributed by atoms with Gasteiger partial charge in [-0.1, -0.05) is 0 Å². The third-order valence-corrected chi connectivity index (χ3v) is 3.65. The Bertz CT molecular complexity index is 909. The highest BCUT2D eigenvalue weighted by Gasteiger charge is 2.37. The van der Waals surface area contributed by atoms with Crippen LogP contribution in [-0.2, 0) is 10.8 Å². The molecule has 0 aliphatic rings. The van der Waals surface area contributed by atoms with Crippen LogP contribution in [0.25, 0.3) is 16.9 Å². The van der Waals surface area contributed by atoms with Crippen molar-refractivity contribution in [1.82, 2.24) is 19.6 Å². The molecule has 2 aromatic heterocycles. The van der Waals surface area contributed by atoms with E-state index in [1.807, 2.05) is 39.0 Å². The van der Waals surface area contributed by atoms with Gasteiger partial charge in [-0.15, -0.1) is 10.2 Å². The van der Waals surface area contributed by atoms with E-state index in [2.05, 4.69) is 19.9 Å². The van der Waals surface area contributed by atoms with Crippen LogP contribution in [0.4, 0.5) is 8.78 Å². The zero-order valence-corrected chi connectivity index (χ0v) is 14.3. The third kappa shape index (κ3) is 3.30. The lowest BCUT2D eigenvalue weighted by Crippen LogP contribution is -2.19. The molecule has 0 unspecified atom stereocenters. The number of ether oxygens (including phenoxy) is 2. The molecule has 0 radical (unpaired) electrons. The van der Waals surface area contributed by atoms with Crippen molar-refractivity contribution in [2.45, 2.75) is 33.0 Å². The van der Waals surface area contributed by atoms with Gasteiger partial charge in [0.25, 0.3) is 0 Å². The van der Waals surface area contributed by atoms with Gasteiger partial charge in [-0.3, -0.25) is 9.38 Å². The second-order valence-corrected chi connectivity index (χ2v) is 5.89. The molecule has 0 aliphatic carbocycles. The Morgan fingerprint density at radius 2 is 1.96 bits per heavy atom. The minimum absolute atomic E-state index is 0.0654. The predicted octanol–water partition coefficient (Wildman–Crippen LogP) is 3.58. The Balaban J connectivity index is 2.06. The number of aryl methyl sites for hydroxylation is 1. The highest BCUT2D eigenvalue weighted by molar-refractivity contribution is 5.65. The first-order valence-corrected chi connectivity index (χ1v) is 7.73. The van der Waals surface area contributed by atoms with Gasteiger partial charge < -0.3 is 9.47 Å². The Kier molecular flexibility index (Phi) is 4.38. The average Bonchev–Trinajstić information content (AvgIpc) is 2.98. The lowest BCUT2D eigenvalue weighted by atomic mass is 10.1. The summed E-state index contributed by atoms with van der Waals surface area (Å²) in [6.07, 6.45) is -0.601. The maximum Gasteiger partial charge on any atom is 0.417 e. The summed E-state index contributed by atoms with van der Waals surface area (Å²) in [5.74, 6) is 0.152. The number of aromatic nitrogens is 4. The van der Waals surface area contributed by atoms with Crippen molar-refractivity contribution in [2.24, 2.45) is 0 Å². The third-order valence-electron chi connectivity index (χ3n) is 3.65. The summed E-state index contributed by atoms with van der Waals surface area (Å²) in [5, 5.41) is 7.23. The molecule has 0 amide bonds. The Hall–Kier alpha value is -2.61. The SMILES string of the molecule is COC(F)(F)c1nnc2cnc(-c3ccc(OC(C)C)cc3C)cn12. The van der Waals surface area contributed by atoms with Gasteiger partial charge >= 0.3 is 6.11 Å². The summed E-state index contributed by atoms with van der Waals surface area (Å²) < 4.78 is 38.8. The molecule has 0 aliphatic heterocycles. The van der Waals surface area contributed by atoms with E-state index < -0.39 is 11.9 Å². The second-order valence-electron chi connectivity index (χ2n) is 5.89. The monoisotopic (exact) mass is 348 g/mol. The topological polar surface area (TPSA) is 61.5 Å². The number of methoxy groups -OCH3 is 1. The number of rotatable bonds is 5. The van der Waals surface area contributed by atoms with Crippen molar-refractivity contribution >= 4 is 5.65 Å². The van der Waals surface area contributed by atoms with Crippen molar-refractivity contribution in [3.8, 4) is 17.0 Å². The first-order chi connectivity index (χ1) is 11.8. The zero-order chi connectivity index (χ0) is 18.2. The van der Waals surface area contributed by atoms with Crippen molar-refractivity contribution < 1.29 is 18.3 Å². The molecule has 1 aromatic carbocycles. The van der Waals surface area contributed by atoms with Crippen LogP contribution in [0, 0.1) is 6.92 Å². The molecule has 0 saturated heterocycles. The number of benzene rings is 1. The Labute approximate surface area is 143 Å². The van der Waals surface area contributed by atoms with E-state index in [0.29, 0.717) is 5.69 Å². The first-order valence-electron chi connectivity index (χ1n) is 7.73. The molecule has 6 nitrogen and oxygen atoms in total. The predicted molar refractivity (Wildman–Crippen MR) is 87.6 cm³/mol. The number of nitrogens with zero attached hydrogens (tertiary/aromatic N) is 4. The van der Waals surface area contributed by atoms with Gasteiger partial charge in [0.1, 0.15) is 5.75 Å². The number of fused-ring (bicyclic) bond motifs is 1. The lowest BCUT2D eigenvalue weighted by Gasteiger charge is -2.13. The number of alkyl halides is 2. The summed E-state index contributed by atoms with van der Waals surface area (Å²) in [4.78, 5) is 4.30. The summed E-state index contributed by atoms with van der Waals surface area (Å²) in [6, 6.07) is 5.56. The van der Waals surface area contributed by atoms with Gasteiger partial charge in [-0.25, -0.2) is 0 Å². The molecule has 132 valence electrons. The molecule has 0 spiro atoms. The van der Waals surface area contributed by atoms with E-state index in [1.54, 1.807) is 0 Å². The number of hydrogen-bond acceptors (Lipinski definition) is 5. The van der Waals surface area contributed by atoms with E-state index in [1.165, 1.54) is 16.8 Å². The molecule has 2 heterocycles. The maximum absolute atomic E-state index is 13.9. The standard InChI is InChI=1S/C17H18F2N4O2/c1-10(2)25-12-5-6-13(11(3)7-12)14-9-23-15(8-20-14)21-22-16(23)17(18,19)24-4/h5-10H,1-4H3. The van der Waals surface area contributed by atoms with Crippen molar-refractivity contribution in [3.63, 3.8) is 0 Å². The van der Waals surface area contributed by atoms with Crippen LogP contribution in [-0.4, -0.2) is 32.8 Å². The molecular weight excluding hydrogens is 330 g/mol. The number of halogens is 2. The van der Waals surface area contributed by atoms with E-state index in [9.17, 15) is 8.78 Å². The minimum atomic E-state index is -3.54. The minimum Gasteiger partial charge on any atom is -0.491 e. The quantitative estimate of drug-likeness (QED) is 0.705. The van der Waals surface area contributed by atoms with Crippen LogP contribution in [0.5, 0.6) is 5.75 Å². The normalized spacial score (nSPS) is 12.1. The van der Waals surface area contributed by atoms with Crippen LogP contribution in [0.15, 0.2) is 30.6 Å². The molecule has 0 saturated carbocycles. The summed E-state index contributed by atoms with van der Waals surface area (Å²) in [5.41, 5.74) is 2.46. The van der Waals surface area contributed by atoms with Crippen molar-refractivity contribution in [2.75, 3.05) is 7.11 Å². The van der Waals surface area contributed by atoms with Gasteiger partial charge in [0, 0.05) is 18.9 Å². The Morgan fingerprint density at radius 1 is 1.20 bits per heavy atom. The maximum atomic E-state index is 13.9. The fourth-order valence-corrected chi connectivity index (χ4v) is 2.50. The van der Waals surface area contributed by atoms with Gasteiger partial charge in [-0.05, 0) is 44.5 Å². The van der Waals surface area contributed by atoms with Crippen molar-refractivity contribution in [1.29, 1.82) is 0 Å². The molecule has 25 heavy (non-hydrogen) atoms. The van der Waals surface area contributed by atoms with Crippen LogP contribution >= 0.6 is 0 Å². The molecule has 3 aromatic rings. The van der Waals surface area contributed by atoms with Gasteiger partial charge in [0.15, 0.2) is 5.65 Å². The van der Waals surface area contributed by atoms with E-state index in [0.717, 1.165) is 24.0 Å². The van der Waals surface area contributed by atoms with Crippen molar-refractivity contribution in [3.05, 3.63) is 42.0 Å². The van der Waals surface area contributed by atoms with Gasteiger partial charge in [-0.2, -0.15) is 8.78 Å². The van der Waals surface area contributed by atoms with E-state index in [4.69, 9.17) is 4.74 Å². The molecule has 8 heteroatoms. The van der Waals surface area contributed by atoms with Crippen LogP contribution < -0.4 is 4.74 Å². The Morgan fingerprint density at radius 3 is 2.60 bits per heavy atom. The first kappa shape index (κ1) is 17.2. The zero-order valence-electron chi connectivity index (χ0n) is 14.3. The molecule has 0 fully saturated rings. The molecular formula is C17H18F2N4O2. The largest absolute Gasteiger partial charge is 0.491 e. The molecule has 0 N–H and O–H groups in total. The fraction of sp³-hybridized carbons (Fsp3) is 0.353. The van der Waals surface area contributed by atoms with Gasteiger partial charge in [0.05, 0.1) is 18.0 Å². The van der Waals surface area contributed by atoms with E-state index in [-0.39, 0.29) is 11.8 Å². The fourth-order valence-electron chi connectivity index (χ4n) is 2.50. The summed E-state index contributed by atoms with van der Waals surface area (Å²) in [6.45, 7) is 5.80. The molecule has 3 rings (SSSR count). The lowest BCUT2D eigenvalue weighted by molar-refractivity contribution is -0.237. The highest BCUT2D eigenvalue weighted by Crippen LogP contribution is 2.30. The number of hydrogen-bond donors (Lipinski definition) is 0. The van der Waals surface area contributed by atoms with Crippen LogP contribution in [0.2, 0.25) is 0 Å².